The first kappa shape index (κ1) is 25.8. The quantitative estimate of drug-likeness (QED) is 0.430. The van der Waals surface area contributed by atoms with Crippen molar-refractivity contribution in [2.75, 3.05) is 33.0 Å². The Labute approximate surface area is 209 Å². The second-order valence-corrected chi connectivity index (χ2v) is 8.86. The number of halogens is 2. The standard InChI is InChI=1S/C28H30F2N2O4/c29-16-25(31)24-6-3-5-23(28(24)30)22-13-19(17-32-8-10-35-11-9-32)12-20(14-22)18-36-26-7-2-1-4-21(26)15-27(33)34/h1-7,12-14,25H,8-11,15-18,31H2,(H,33,34). The van der Waals surface area contributed by atoms with Crippen LogP contribution >= 0.6 is 0 Å². The van der Waals surface area contributed by atoms with Crippen molar-refractivity contribution >= 4 is 5.97 Å². The fraction of sp³-hybridized carbons (Fsp3) is 0.321. The first-order chi connectivity index (χ1) is 17.4. The highest BCUT2D eigenvalue weighted by Gasteiger charge is 2.18. The summed E-state index contributed by atoms with van der Waals surface area (Å²) in [6.07, 6.45) is -0.147. The summed E-state index contributed by atoms with van der Waals surface area (Å²) in [4.78, 5) is 13.5. The molecule has 0 saturated carbocycles. The Morgan fingerprint density at radius 1 is 1.08 bits per heavy atom. The summed E-state index contributed by atoms with van der Waals surface area (Å²) in [5.74, 6) is -0.991. The minimum Gasteiger partial charge on any atom is -0.489 e. The number of nitrogens with two attached hydrogens (primary N) is 1. The Hall–Kier alpha value is -3.33. The predicted molar refractivity (Wildman–Crippen MR) is 133 cm³/mol. The molecule has 0 spiro atoms. The van der Waals surface area contributed by atoms with Crippen molar-refractivity contribution in [3.8, 4) is 16.9 Å². The van der Waals surface area contributed by atoms with Crippen molar-refractivity contribution in [1.82, 2.24) is 4.90 Å². The van der Waals surface area contributed by atoms with Gasteiger partial charge in [-0.25, -0.2) is 8.78 Å². The second kappa shape index (κ2) is 12.1. The number of nitrogens with zero attached hydrogens (tertiary/aromatic N) is 1. The molecular formula is C28H30F2N2O4. The molecule has 6 nitrogen and oxygen atoms in total. The highest BCUT2D eigenvalue weighted by molar-refractivity contribution is 5.71. The molecule has 3 aromatic rings. The lowest BCUT2D eigenvalue weighted by Crippen LogP contribution is -2.35. The lowest BCUT2D eigenvalue weighted by molar-refractivity contribution is -0.136. The number of morpholine rings is 1. The van der Waals surface area contributed by atoms with Gasteiger partial charge in [-0.2, -0.15) is 0 Å². The zero-order valence-corrected chi connectivity index (χ0v) is 20.0. The number of carboxylic acid groups (broad SMARTS) is 1. The fourth-order valence-electron chi connectivity index (χ4n) is 4.37. The van der Waals surface area contributed by atoms with Crippen molar-refractivity contribution in [2.45, 2.75) is 25.6 Å². The summed E-state index contributed by atoms with van der Waals surface area (Å²) >= 11 is 0. The van der Waals surface area contributed by atoms with E-state index < -0.39 is 24.5 Å². The average Bonchev–Trinajstić information content (AvgIpc) is 2.88. The molecule has 1 aliphatic rings. The number of hydrogen-bond acceptors (Lipinski definition) is 5. The topological polar surface area (TPSA) is 85.0 Å². The molecule has 0 radical (unpaired) electrons. The van der Waals surface area contributed by atoms with Crippen LogP contribution in [0.2, 0.25) is 0 Å². The van der Waals surface area contributed by atoms with E-state index in [1.165, 1.54) is 6.07 Å². The smallest absolute Gasteiger partial charge is 0.307 e. The third-order valence-electron chi connectivity index (χ3n) is 6.18. The number of rotatable bonds is 10. The van der Waals surface area contributed by atoms with Gasteiger partial charge in [0, 0.05) is 36.3 Å². The van der Waals surface area contributed by atoms with E-state index in [9.17, 15) is 14.3 Å². The number of hydrogen-bond donors (Lipinski definition) is 2. The number of para-hydroxylation sites is 1. The van der Waals surface area contributed by atoms with Crippen molar-refractivity contribution in [1.29, 1.82) is 0 Å². The molecule has 0 amide bonds. The molecule has 8 heteroatoms. The van der Waals surface area contributed by atoms with Crippen molar-refractivity contribution < 1.29 is 28.2 Å². The van der Waals surface area contributed by atoms with Gasteiger partial charge >= 0.3 is 5.97 Å². The monoisotopic (exact) mass is 496 g/mol. The first-order valence-corrected chi connectivity index (χ1v) is 11.9. The molecule has 3 aromatic carbocycles. The van der Waals surface area contributed by atoms with E-state index >= 15 is 4.39 Å². The fourth-order valence-corrected chi connectivity index (χ4v) is 4.37. The Morgan fingerprint density at radius 3 is 2.58 bits per heavy atom. The highest BCUT2D eigenvalue weighted by Crippen LogP contribution is 2.30. The summed E-state index contributed by atoms with van der Waals surface area (Å²) in [7, 11) is 0. The van der Waals surface area contributed by atoms with E-state index in [4.69, 9.17) is 15.2 Å². The Kier molecular flexibility index (Phi) is 8.64. The minimum absolute atomic E-state index is 0.133. The van der Waals surface area contributed by atoms with E-state index in [1.54, 1.807) is 36.4 Å². The first-order valence-electron chi connectivity index (χ1n) is 11.9. The van der Waals surface area contributed by atoms with Gasteiger partial charge in [-0.1, -0.05) is 42.5 Å². The van der Waals surface area contributed by atoms with Crippen LogP contribution in [-0.4, -0.2) is 49.0 Å². The lowest BCUT2D eigenvalue weighted by Gasteiger charge is -2.27. The number of carboxylic acids is 1. The normalized spacial score (nSPS) is 15.0. The molecule has 0 aromatic heterocycles. The Balaban J connectivity index is 1.66. The molecular weight excluding hydrogens is 466 g/mol. The number of carbonyl (C=O) groups is 1. The van der Waals surface area contributed by atoms with Crippen molar-refractivity contribution in [3.05, 3.63) is 88.7 Å². The molecule has 1 saturated heterocycles. The Bertz CT molecular complexity index is 1200. The maximum absolute atomic E-state index is 15.4. The summed E-state index contributed by atoms with van der Waals surface area (Å²) in [6, 6.07) is 16.6. The largest absolute Gasteiger partial charge is 0.489 e. The van der Waals surface area contributed by atoms with Crippen LogP contribution in [0.25, 0.3) is 11.1 Å². The van der Waals surface area contributed by atoms with Gasteiger partial charge in [-0.3, -0.25) is 9.69 Å². The van der Waals surface area contributed by atoms with Crippen LogP contribution in [-0.2, 0) is 29.1 Å². The van der Waals surface area contributed by atoms with E-state index in [-0.39, 0.29) is 18.6 Å². The minimum atomic E-state index is -1.03. The molecule has 1 atom stereocenters. The van der Waals surface area contributed by atoms with E-state index in [1.807, 2.05) is 18.2 Å². The van der Waals surface area contributed by atoms with E-state index in [0.29, 0.717) is 42.2 Å². The van der Waals surface area contributed by atoms with Crippen molar-refractivity contribution in [2.24, 2.45) is 5.73 Å². The molecule has 3 N–H and O–H groups in total. The van der Waals surface area contributed by atoms with Gasteiger partial charge in [0.2, 0.25) is 0 Å². The zero-order valence-electron chi connectivity index (χ0n) is 20.0. The molecule has 4 rings (SSSR count). The summed E-state index contributed by atoms with van der Waals surface area (Å²) < 4.78 is 40.0. The maximum Gasteiger partial charge on any atom is 0.307 e. The van der Waals surface area contributed by atoms with Crippen LogP contribution in [0.1, 0.15) is 28.3 Å². The van der Waals surface area contributed by atoms with Gasteiger partial charge < -0.3 is 20.3 Å². The molecule has 0 bridgehead atoms. The predicted octanol–water partition coefficient (Wildman–Crippen LogP) is 4.50. The second-order valence-electron chi connectivity index (χ2n) is 8.86. The zero-order chi connectivity index (χ0) is 25.5. The summed E-state index contributed by atoms with van der Waals surface area (Å²) in [5.41, 5.74) is 9.27. The Morgan fingerprint density at radius 2 is 1.83 bits per heavy atom. The average molecular weight is 497 g/mol. The number of benzene rings is 3. The van der Waals surface area contributed by atoms with Crippen LogP contribution in [0.3, 0.4) is 0 Å². The van der Waals surface area contributed by atoms with Gasteiger partial charge in [0.05, 0.1) is 25.7 Å². The molecule has 0 aliphatic carbocycles. The van der Waals surface area contributed by atoms with Crippen LogP contribution < -0.4 is 10.5 Å². The molecule has 36 heavy (non-hydrogen) atoms. The van der Waals surface area contributed by atoms with Gasteiger partial charge in [0.25, 0.3) is 0 Å². The van der Waals surface area contributed by atoms with Gasteiger partial charge in [0.1, 0.15) is 24.8 Å². The van der Waals surface area contributed by atoms with Crippen LogP contribution in [0.4, 0.5) is 8.78 Å². The number of ether oxygens (including phenoxy) is 2. The SMILES string of the molecule is NC(CF)c1cccc(-c2cc(COc3ccccc3CC(=O)O)cc(CN3CCOCC3)c2)c1F. The molecule has 1 fully saturated rings. The maximum atomic E-state index is 15.4. The van der Waals surface area contributed by atoms with Gasteiger partial charge in [-0.05, 0) is 34.9 Å². The third kappa shape index (κ3) is 6.46. The molecule has 190 valence electrons. The lowest BCUT2D eigenvalue weighted by atomic mass is 9.96. The molecule has 1 unspecified atom stereocenters. The number of aliphatic carboxylic acids is 1. The molecule has 1 aliphatic heterocycles. The van der Waals surface area contributed by atoms with E-state index in [2.05, 4.69) is 4.90 Å². The number of alkyl halides is 1. The summed E-state index contributed by atoms with van der Waals surface area (Å²) in [5, 5.41) is 9.20. The van der Waals surface area contributed by atoms with Crippen molar-refractivity contribution in [3.63, 3.8) is 0 Å². The molecule has 1 heterocycles. The van der Waals surface area contributed by atoms with Crippen LogP contribution in [0.15, 0.2) is 60.7 Å². The van der Waals surface area contributed by atoms with Crippen LogP contribution in [0.5, 0.6) is 5.75 Å². The highest BCUT2D eigenvalue weighted by atomic mass is 19.1. The summed E-state index contributed by atoms with van der Waals surface area (Å²) in [6.45, 7) is 2.90. The third-order valence-corrected chi connectivity index (χ3v) is 6.18. The van der Waals surface area contributed by atoms with E-state index in [0.717, 1.165) is 24.2 Å². The van der Waals surface area contributed by atoms with Gasteiger partial charge in [0.15, 0.2) is 0 Å². The van der Waals surface area contributed by atoms with Gasteiger partial charge in [-0.15, -0.1) is 0 Å². The van der Waals surface area contributed by atoms with Crippen LogP contribution in [0, 0.1) is 5.82 Å².